The Morgan fingerprint density at radius 3 is 2.04 bits per heavy atom. The minimum absolute atomic E-state index is 0.178. The van der Waals surface area contributed by atoms with E-state index in [1.165, 1.54) is 14.7 Å². The molecule has 0 aliphatic heterocycles. The number of hydrogen-bond acceptors (Lipinski definition) is 3. The predicted octanol–water partition coefficient (Wildman–Crippen LogP) is 5.06. The average Bonchev–Trinajstić information content (AvgIpc) is 2.51. The van der Waals surface area contributed by atoms with Gasteiger partial charge in [0, 0.05) is 12.0 Å². The van der Waals surface area contributed by atoms with Crippen LogP contribution in [-0.2, 0) is 9.36 Å². The molecule has 1 N–H and O–H groups in total. The summed E-state index contributed by atoms with van der Waals surface area (Å²) >= 11 is 0. The van der Waals surface area contributed by atoms with Crippen molar-refractivity contribution in [3.8, 4) is 0 Å². The second-order valence-corrected chi connectivity index (χ2v) is 6.27. The number of carbonyl (C=O) groups excluding carboxylic acids is 1. The molecule has 0 amide bonds. The minimum Gasteiger partial charge on any atom is -0.481 e. The van der Waals surface area contributed by atoms with E-state index in [4.69, 9.17) is 9.67 Å². The van der Waals surface area contributed by atoms with E-state index in [2.05, 4.69) is 0 Å². The Morgan fingerprint density at radius 1 is 1.04 bits per heavy atom. The maximum Gasteiger partial charge on any atom is 0.310 e. The monoisotopic (exact) mass is 353 g/mol. The lowest BCUT2D eigenvalue weighted by molar-refractivity contribution is -0.142. The van der Waals surface area contributed by atoms with E-state index in [0.29, 0.717) is 12.8 Å². The third-order valence-corrected chi connectivity index (χ3v) is 4.15. The van der Waals surface area contributed by atoms with Crippen molar-refractivity contribution in [3.05, 3.63) is 34.4 Å². The number of rotatable bonds is 9. The first-order valence-electron chi connectivity index (χ1n) is 8.44. The highest BCUT2D eigenvalue weighted by atomic mass is 31.0. The van der Waals surface area contributed by atoms with Gasteiger partial charge in [0.2, 0.25) is 0 Å². The van der Waals surface area contributed by atoms with Gasteiger partial charge in [-0.2, -0.15) is 0 Å². The first-order valence-corrected chi connectivity index (χ1v) is 8.91. The molecule has 2 atom stereocenters. The van der Waals surface area contributed by atoms with Crippen LogP contribution in [0.5, 0.6) is 0 Å². The molecular formula is C19H30O4P+. The summed E-state index contributed by atoms with van der Waals surface area (Å²) in [5.41, 5.74) is 4.10. The van der Waals surface area contributed by atoms with Crippen LogP contribution in [0, 0.1) is 26.7 Å². The SMILES string of the molecule is CCCC(CCCCC(=O)c1c(C)cc(C)cc1C)C(=O)O.O=[PH2+]. The Bertz CT molecular complexity index is 531. The third-order valence-electron chi connectivity index (χ3n) is 4.15. The molecule has 0 radical (unpaired) electrons. The Hall–Kier alpha value is -1.54. The van der Waals surface area contributed by atoms with Gasteiger partial charge in [-0.15, -0.1) is 0 Å². The summed E-state index contributed by atoms with van der Waals surface area (Å²) in [6.07, 6.45) is 4.34. The van der Waals surface area contributed by atoms with Crippen LogP contribution in [0.3, 0.4) is 0 Å². The summed E-state index contributed by atoms with van der Waals surface area (Å²) in [4.78, 5) is 23.5. The first-order chi connectivity index (χ1) is 11.4. The van der Waals surface area contributed by atoms with E-state index >= 15 is 0 Å². The van der Waals surface area contributed by atoms with E-state index in [0.717, 1.165) is 42.4 Å². The maximum atomic E-state index is 12.4. The molecule has 0 fully saturated rings. The molecule has 2 unspecified atom stereocenters. The highest BCUT2D eigenvalue weighted by Gasteiger charge is 2.17. The molecule has 1 aromatic carbocycles. The molecule has 134 valence electrons. The second-order valence-electron chi connectivity index (χ2n) is 6.27. The van der Waals surface area contributed by atoms with Crippen molar-refractivity contribution in [2.75, 3.05) is 0 Å². The molecule has 0 saturated heterocycles. The quantitative estimate of drug-likeness (QED) is 0.382. The standard InChI is InChI=1S/C19H28O3.H2OP/c1-5-8-16(19(21)22)9-6-7-10-17(20)18-14(3)11-13(2)12-15(18)4;1-2/h11-12,16H,5-10H2,1-4H3,(H,21,22);2H2/q;+1. The summed E-state index contributed by atoms with van der Waals surface area (Å²) in [7, 11) is 1.17. The van der Waals surface area contributed by atoms with Crippen molar-refractivity contribution < 1.29 is 19.3 Å². The van der Waals surface area contributed by atoms with Crippen LogP contribution in [0.1, 0.15) is 72.5 Å². The van der Waals surface area contributed by atoms with Crippen molar-refractivity contribution >= 4 is 20.9 Å². The zero-order chi connectivity index (χ0) is 18.7. The van der Waals surface area contributed by atoms with E-state index in [9.17, 15) is 9.59 Å². The number of unbranched alkanes of at least 4 members (excludes halogenated alkanes) is 1. The third kappa shape index (κ3) is 7.35. The van der Waals surface area contributed by atoms with Crippen molar-refractivity contribution in [2.45, 2.75) is 66.2 Å². The van der Waals surface area contributed by atoms with Crippen molar-refractivity contribution in [1.29, 1.82) is 0 Å². The average molecular weight is 353 g/mol. The normalized spacial score (nSPS) is 11.3. The molecule has 0 aliphatic rings. The molecule has 4 nitrogen and oxygen atoms in total. The van der Waals surface area contributed by atoms with Crippen LogP contribution in [0.15, 0.2) is 12.1 Å². The number of aryl methyl sites for hydroxylation is 3. The number of carbonyl (C=O) groups is 2. The number of carboxylic acids is 1. The number of hydrogen-bond donors (Lipinski definition) is 1. The van der Waals surface area contributed by atoms with Gasteiger partial charge in [0.25, 0.3) is 0 Å². The second kappa shape index (κ2) is 11.9. The van der Waals surface area contributed by atoms with Crippen LogP contribution in [0.2, 0.25) is 0 Å². The number of Topliss-reactive ketones (excluding diaryl/α,β-unsaturated/α-hetero) is 1. The van der Waals surface area contributed by atoms with Crippen LogP contribution < -0.4 is 0 Å². The fourth-order valence-electron chi connectivity index (χ4n) is 3.16. The van der Waals surface area contributed by atoms with Gasteiger partial charge in [0.1, 0.15) is 0 Å². The molecule has 5 heteroatoms. The molecule has 0 bridgehead atoms. The van der Waals surface area contributed by atoms with Gasteiger partial charge in [-0.25, -0.2) is 0 Å². The first kappa shape index (κ1) is 22.5. The number of carboxylic acid groups (broad SMARTS) is 1. The van der Waals surface area contributed by atoms with Gasteiger partial charge in [0.15, 0.2) is 5.78 Å². The molecule has 24 heavy (non-hydrogen) atoms. The molecule has 1 aromatic rings. The largest absolute Gasteiger partial charge is 0.481 e. The van der Waals surface area contributed by atoms with Crippen LogP contribution in [-0.4, -0.2) is 16.9 Å². The summed E-state index contributed by atoms with van der Waals surface area (Å²) in [5.74, 6) is -0.793. The zero-order valence-corrected chi connectivity index (χ0v) is 16.4. The zero-order valence-electron chi connectivity index (χ0n) is 15.2. The Kier molecular flexibility index (Phi) is 11.1. The van der Waals surface area contributed by atoms with Gasteiger partial charge >= 0.3 is 15.1 Å². The lowest BCUT2D eigenvalue weighted by Gasteiger charge is -2.12. The van der Waals surface area contributed by atoms with Gasteiger partial charge in [-0.3, -0.25) is 9.59 Å². The van der Waals surface area contributed by atoms with E-state index in [1.54, 1.807) is 0 Å². The molecule has 0 aliphatic carbocycles. The Morgan fingerprint density at radius 2 is 1.58 bits per heavy atom. The Balaban J connectivity index is 0.00000254. The predicted molar refractivity (Wildman–Crippen MR) is 99.9 cm³/mol. The van der Waals surface area contributed by atoms with E-state index in [1.807, 2.05) is 39.8 Å². The van der Waals surface area contributed by atoms with Crippen molar-refractivity contribution in [1.82, 2.24) is 0 Å². The molecule has 1 rings (SSSR count). The van der Waals surface area contributed by atoms with E-state index < -0.39 is 5.97 Å². The topological polar surface area (TPSA) is 71.4 Å². The number of benzene rings is 1. The smallest absolute Gasteiger partial charge is 0.310 e. The maximum absolute atomic E-state index is 12.4. The molecule has 0 heterocycles. The lowest BCUT2D eigenvalue weighted by atomic mass is 9.92. The lowest BCUT2D eigenvalue weighted by Crippen LogP contribution is -2.13. The fraction of sp³-hybridized carbons (Fsp3) is 0.579. The van der Waals surface area contributed by atoms with Crippen molar-refractivity contribution in [2.24, 2.45) is 5.92 Å². The number of aliphatic carboxylic acids is 1. The highest BCUT2D eigenvalue weighted by Crippen LogP contribution is 2.21. The van der Waals surface area contributed by atoms with Crippen LogP contribution >= 0.6 is 9.12 Å². The summed E-state index contributed by atoms with van der Waals surface area (Å²) < 4.78 is 8.17. The van der Waals surface area contributed by atoms with Crippen molar-refractivity contribution in [3.63, 3.8) is 0 Å². The van der Waals surface area contributed by atoms with Gasteiger partial charge in [0.05, 0.1) is 5.92 Å². The molecular weight excluding hydrogens is 323 g/mol. The molecule has 0 saturated carbocycles. The van der Waals surface area contributed by atoms with E-state index in [-0.39, 0.29) is 11.7 Å². The molecule has 0 spiro atoms. The summed E-state index contributed by atoms with van der Waals surface area (Å²) in [6.45, 7) is 8.00. The van der Waals surface area contributed by atoms with Gasteiger partial charge in [-0.1, -0.05) is 42.0 Å². The van der Waals surface area contributed by atoms with Crippen LogP contribution in [0.4, 0.5) is 0 Å². The fourth-order valence-corrected chi connectivity index (χ4v) is 3.16. The Labute approximate surface area is 147 Å². The van der Waals surface area contributed by atoms with Gasteiger partial charge in [-0.05, 0) is 51.2 Å². The summed E-state index contributed by atoms with van der Waals surface area (Å²) in [5, 5.41) is 9.12. The molecule has 0 aromatic heterocycles. The minimum atomic E-state index is -0.710. The summed E-state index contributed by atoms with van der Waals surface area (Å²) in [6, 6.07) is 4.09. The highest BCUT2D eigenvalue weighted by molar-refractivity contribution is 7.00. The van der Waals surface area contributed by atoms with Crippen LogP contribution in [0.25, 0.3) is 0 Å². The van der Waals surface area contributed by atoms with Gasteiger partial charge < -0.3 is 5.11 Å². The number of ketones is 1.